The predicted octanol–water partition coefficient (Wildman–Crippen LogP) is 3.30. The largest absolute Gasteiger partial charge is 0.447 e. The zero-order chi connectivity index (χ0) is 25.8. The smallest absolute Gasteiger partial charge is 0.416 e. The first-order chi connectivity index (χ1) is 17.2. The van der Waals surface area contributed by atoms with E-state index in [4.69, 9.17) is 4.74 Å². The van der Waals surface area contributed by atoms with Gasteiger partial charge in [-0.1, -0.05) is 30.8 Å². The minimum atomic E-state index is -1.37. The third kappa shape index (κ3) is 5.78. The molecule has 2 saturated heterocycles. The molecule has 3 heterocycles. The second kappa shape index (κ2) is 11.0. The Kier molecular flexibility index (Phi) is 7.78. The van der Waals surface area contributed by atoms with E-state index in [1.165, 1.54) is 13.0 Å². The lowest BCUT2D eigenvalue weighted by atomic mass is 10.1. The summed E-state index contributed by atoms with van der Waals surface area (Å²) in [6, 6.07) is 7.85. The molecule has 0 saturated carbocycles. The maximum absolute atomic E-state index is 14.3. The summed E-state index contributed by atoms with van der Waals surface area (Å²) >= 11 is 0. The molecule has 9 nitrogen and oxygen atoms in total. The number of rotatable bonds is 8. The number of hydrogen-bond acceptors (Lipinski definition) is 7. The molecule has 0 radical (unpaired) electrons. The Morgan fingerprint density at radius 1 is 1.22 bits per heavy atom. The molecular formula is C25H30F2N6O3. The quantitative estimate of drug-likeness (QED) is 0.439. The Hall–Kier alpha value is -3.60. The number of alkyl halides is 1. The van der Waals surface area contributed by atoms with E-state index in [1.807, 2.05) is 31.2 Å². The molecule has 0 aliphatic carbocycles. The second-order valence-electron chi connectivity index (χ2n) is 8.98. The number of anilines is 2. The number of ether oxygens (including phenoxy) is 1. The number of amides is 2. The fourth-order valence-corrected chi connectivity index (χ4v) is 4.33. The zero-order valence-electron chi connectivity index (χ0n) is 20.4. The van der Waals surface area contributed by atoms with Gasteiger partial charge in [0.05, 0.1) is 6.04 Å². The Morgan fingerprint density at radius 2 is 1.92 bits per heavy atom. The average Bonchev–Trinajstić information content (AvgIpc) is 3.26. The Morgan fingerprint density at radius 3 is 2.56 bits per heavy atom. The number of hydrogen-bond donors (Lipinski definition) is 1. The number of carbonyl (C=O) groups is 2. The lowest BCUT2D eigenvalue weighted by Gasteiger charge is -2.34. The van der Waals surface area contributed by atoms with Crippen LogP contribution in [0.15, 0.2) is 43.0 Å². The topological polar surface area (TPSA) is 90.9 Å². The van der Waals surface area contributed by atoms with Gasteiger partial charge in [0.2, 0.25) is 17.8 Å². The molecule has 3 atom stereocenters. The van der Waals surface area contributed by atoms with Crippen LogP contribution < -0.4 is 10.2 Å². The van der Waals surface area contributed by atoms with Gasteiger partial charge in [0.25, 0.3) is 0 Å². The predicted molar refractivity (Wildman–Crippen MR) is 131 cm³/mol. The van der Waals surface area contributed by atoms with Gasteiger partial charge in [-0.15, -0.1) is 0 Å². The SMILES string of the molecule is C=CC(=O)N1CCN(Cc2ccc([C@H](C)Nc3nc(F)cc(N4C(=O)OCC4[C@H](C)F)n3)cc2)CC1. The van der Waals surface area contributed by atoms with Crippen molar-refractivity contribution in [3.05, 3.63) is 60.1 Å². The first kappa shape index (κ1) is 25.5. The van der Waals surface area contributed by atoms with Gasteiger partial charge in [-0.3, -0.25) is 14.6 Å². The average molecular weight is 501 g/mol. The van der Waals surface area contributed by atoms with Crippen LogP contribution in [0.2, 0.25) is 0 Å². The molecule has 2 aromatic rings. The molecule has 192 valence electrons. The van der Waals surface area contributed by atoms with E-state index < -0.39 is 24.3 Å². The molecule has 11 heteroatoms. The molecule has 0 spiro atoms. The Balaban J connectivity index is 1.38. The van der Waals surface area contributed by atoms with Crippen LogP contribution in [-0.4, -0.2) is 76.8 Å². The van der Waals surface area contributed by atoms with E-state index in [0.717, 1.165) is 41.7 Å². The molecular weight excluding hydrogens is 470 g/mol. The van der Waals surface area contributed by atoms with Crippen molar-refractivity contribution in [1.29, 1.82) is 0 Å². The van der Waals surface area contributed by atoms with Crippen molar-refractivity contribution in [2.24, 2.45) is 0 Å². The van der Waals surface area contributed by atoms with Crippen LogP contribution in [0.3, 0.4) is 0 Å². The van der Waals surface area contributed by atoms with Crippen LogP contribution in [-0.2, 0) is 16.1 Å². The number of benzene rings is 1. The monoisotopic (exact) mass is 500 g/mol. The number of nitrogens with one attached hydrogen (secondary N) is 1. The Bertz CT molecular complexity index is 1110. The third-order valence-electron chi connectivity index (χ3n) is 6.45. The summed E-state index contributed by atoms with van der Waals surface area (Å²) in [5.41, 5.74) is 2.07. The van der Waals surface area contributed by atoms with E-state index in [1.54, 1.807) is 4.90 Å². The maximum atomic E-state index is 14.3. The van der Waals surface area contributed by atoms with Crippen molar-refractivity contribution in [2.45, 2.75) is 38.6 Å². The number of carbonyl (C=O) groups excluding carboxylic acids is 2. The van der Waals surface area contributed by atoms with Crippen LogP contribution in [0.4, 0.5) is 25.3 Å². The van der Waals surface area contributed by atoms with E-state index in [-0.39, 0.29) is 30.3 Å². The number of piperazine rings is 1. The van der Waals surface area contributed by atoms with Gasteiger partial charge in [0.1, 0.15) is 24.6 Å². The van der Waals surface area contributed by atoms with Gasteiger partial charge in [-0.05, 0) is 31.1 Å². The highest BCUT2D eigenvalue weighted by atomic mass is 19.1. The van der Waals surface area contributed by atoms with Crippen molar-refractivity contribution >= 4 is 23.8 Å². The van der Waals surface area contributed by atoms with Crippen LogP contribution in [0.25, 0.3) is 0 Å². The fraction of sp³-hybridized carbons (Fsp3) is 0.440. The molecule has 1 aromatic carbocycles. The molecule has 0 bridgehead atoms. The van der Waals surface area contributed by atoms with Crippen LogP contribution >= 0.6 is 0 Å². The first-order valence-corrected chi connectivity index (χ1v) is 11.9. The highest BCUT2D eigenvalue weighted by Gasteiger charge is 2.39. The molecule has 2 amide bonds. The van der Waals surface area contributed by atoms with E-state index in [2.05, 4.69) is 26.8 Å². The highest BCUT2D eigenvalue weighted by Crippen LogP contribution is 2.27. The number of nitrogens with zero attached hydrogens (tertiary/aromatic N) is 5. The molecule has 2 aliphatic rings. The number of cyclic esters (lactones) is 1. The summed E-state index contributed by atoms with van der Waals surface area (Å²) in [4.78, 5) is 37.0. The molecule has 1 unspecified atom stereocenters. The van der Waals surface area contributed by atoms with Crippen LogP contribution in [0.1, 0.15) is 31.0 Å². The second-order valence-corrected chi connectivity index (χ2v) is 8.98. The summed E-state index contributed by atoms with van der Waals surface area (Å²) < 4.78 is 33.1. The fourth-order valence-electron chi connectivity index (χ4n) is 4.33. The highest BCUT2D eigenvalue weighted by molar-refractivity contribution is 5.89. The first-order valence-electron chi connectivity index (χ1n) is 11.9. The Labute approximate surface area is 208 Å². The third-order valence-corrected chi connectivity index (χ3v) is 6.45. The molecule has 2 aliphatic heterocycles. The van der Waals surface area contributed by atoms with Crippen LogP contribution in [0.5, 0.6) is 0 Å². The van der Waals surface area contributed by atoms with Gasteiger partial charge in [0, 0.05) is 38.8 Å². The van der Waals surface area contributed by atoms with Crippen molar-refractivity contribution < 1.29 is 23.1 Å². The van der Waals surface area contributed by atoms with Gasteiger partial charge in [-0.25, -0.2) is 9.18 Å². The minimum absolute atomic E-state index is 0.0153. The summed E-state index contributed by atoms with van der Waals surface area (Å²) in [7, 11) is 0. The van der Waals surface area contributed by atoms with E-state index in [9.17, 15) is 18.4 Å². The van der Waals surface area contributed by atoms with E-state index >= 15 is 0 Å². The summed E-state index contributed by atoms with van der Waals surface area (Å²) in [6.07, 6.45) is -0.798. The van der Waals surface area contributed by atoms with E-state index in [0.29, 0.717) is 13.1 Å². The molecule has 1 aromatic heterocycles. The molecule has 2 fully saturated rings. The van der Waals surface area contributed by atoms with Gasteiger partial charge in [-0.2, -0.15) is 14.4 Å². The normalized spacial score (nSPS) is 20.1. The minimum Gasteiger partial charge on any atom is -0.447 e. The summed E-state index contributed by atoms with van der Waals surface area (Å²) in [5, 5.41) is 3.05. The lowest BCUT2D eigenvalue weighted by Crippen LogP contribution is -2.47. The van der Waals surface area contributed by atoms with Gasteiger partial charge in [0.15, 0.2) is 0 Å². The van der Waals surface area contributed by atoms with Crippen molar-refractivity contribution in [2.75, 3.05) is 43.0 Å². The number of aromatic nitrogens is 2. The number of halogens is 2. The van der Waals surface area contributed by atoms with Crippen LogP contribution in [0, 0.1) is 5.95 Å². The lowest BCUT2D eigenvalue weighted by molar-refractivity contribution is -0.127. The maximum Gasteiger partial charge on any atom is 0.416 e. The zero-order valence-corrected chi connectivity index (χ0v) is 20.4. The van der Waals surface area contributed by atoms with Gasteiger partial charge < -0.3 is 15.0 Å². The van der Waals surface area contributed by atoms with Crippen molar-refractivity contribution in [3.8, 4) is 0 Å². The molecule has 4 rings (SSSR count). The molecule has 36 heavy (non-hydrogen) atoms. The van der Waals surface area contributed by atoms with Crippen molar-refractivity contribution in [3.63, 3.8) is 0 Å². The summed E-state index contributed by atoms with van der Waals surface area (Å²) in [6.45, 7) is 10.3. The molecule has 1 N–H and O–H groups in total. The standard InChI is InChI=1S/C25H30F2N6O3/c1-4-23(34)32-11-9-31(10-12-32)14-18-5-7-19(8-6-18)17(3)28-24-29-21(27)13-22(30-24)33-20(16(2)26)15-36-25(33)35/h4-8,13,16-17,20H,1,9-12,14-15H2,2-3H3,(H,28,29,30)/t16-,17-,20?/m0/s1. The summed E-state index contributed by atoms with van der Waals surface area (Å²) in [5.74, 6) is -0.949. The van der Waals surface area contributed by atoms with Gasteiger partial charge >= 0.3 is 6.09 Å². The van der Waals surface area contributed by atoms with Crippen molar-refractivity contribution in [1.82, 2.24) is 19.8 Å².